The van der Waals surface area contributed by atoms with Crippen LogP contribution in [0, 0.1) is 0 Å². The molecule has 112 valence electrons. The van der Waals surface area contributed by atoms with Gasteiger partial charge in [0.05, 0.1) is 7.11 Å². The first-order valence-electron chi connectivity index (χ1n) is 6.70. The molecule has 0 bridgehead atoms. The minimum absolute atomic E-state index is 0.719. The molecule has 2 aromatic carbocycles. The summed E-state index contributed by atoms with van der Waals surface area (Å²) in [6.07, 6.45) is 0. The molecule has 4 nitrogen and oxygen atoms in total. The summed E-state index contributed by atoms with van der Waals surface area (Å²) in [5.74, 6) is 2.41. The summed E-state index contributed by atoms with van der Waals surface area (Å²) in [5.41, 5.74) is 2.13. The van der Waals surface area contributed by atoms with Gasteiger partial charge in [-0.1, -0.05) is 64.1 Å². The monoisotopic (exact) mass is 375 g/mol. The van der Waals surface area contributed by atoms with Gasteiger partial charge in [-0.15, -0.1) is 5.10 Å². The molecule has 1 heterocycles. The van der Waals surface area contributed by atoms with Crippen molar-refractivity contribution in [3.05, 3.63) is 58.6 Å². The molecule has 0 saturated carbocycles. The maximum atomic E-state index is 5.36. The number of aromatic amines is 1. The molecule has 3 rings (SSSR count). The van der Waals surface area contributed by atoms with Crippen molar-refractivity contribution in [3.63, 3.8) is 0 Å². The van der Waals surface area contributed by atoms with Crippen molar-refractivity contribution in [1.29, 1.82) is 0 Å². The largest absolute Gasteiger partial charge is 0.496 e. The van der Waals surface area contributed by atoms with E-state index >= 15 is 0 Å². The van der Waals surface area contributed by atoms with Gasteiger partial charge < -0.3 is 4.74 Å². The molecule has 0 aliphatic heterocycles. The first-order valence-corrected chi connectivity index (χ1v) is 8.48. The topological polar surface area (TPSA) is 50.8 Å². The van der Waals surface area contributed by atoms with Crippen LogP contribution in [0.2, 0.25) is 0 Å². The summed E-state index contributed by atoms with van der Waals surface area (Å²) in [6.45, 7) is 0. The van der Waals surface area contributed by atoms with Crippen molar-refractivity contribution >= 4 is 27.7 Å². The fraction of sp³-hybridized carbons (Fsp3) is 0.125. The van der Waals surface area contributed by atoms with Crippen molar-refractivity contribution in [2.45, 2.75) is 10.9 Å². The maximum Gasteiger partial charge on any atom is 0.209 e. The highest BCUT2D eigenvalue weighted by Crippen LogP contribution is 2.29. The van der Waals surface area contributed by atoms with Crippen LogP contribution in [-0.2, 0) is 5.75 Å². The lowest BCUT2D eigenvalue weighted by molar-refractivity contribution is 0.411. The molecule has 0 fully saturated rings. The van der Waals surface area contributed by atoms with E-state index < -0.39 is 0 Å². The Kier molecular flexibility index (Phi) is 4.80. The van der Waals surface area contributed by atoms with E-state index in [0.717, 1.165) is 38.1 Å². The van der Waals surface area contributed by atoms with Crippen LogP contribution in [0.25, 0.3) is 11.4 Å². The van der Waals surface area contributed by atoms with Gasteiger partial charge in [-0.05, 0) is 12.1 Å². The molecule has 1 aromatic heterocycles. The quantitative estimate of drug-likeness (QED) is 0.665. The van der Waals surface area contributed by atoms with Crippen molar-refractivity contribution < 1.29 is 4.74 Å². The number of benzene rings is 2. The van der Waals surface area contributed by atoms with Crippen LogP contribution in [-0.4, -0.2) is 22.3 Å². The van der Waals surface area contributed by atoms with Crippen molar-refractivity contribution in [2.24, 2.45) is 0 Å². The first-order chi connectivity index (χ1) is 10.8. The Morgan fingerprint density at radius 3 is 2.73 bits per heavy atom. The predicted octanol–water partition coefficient (Wildman–Crippen LogP) is 4.54. The number of nitrogens with one attached hydrogen (secondary N) is 1. The minimum atomic E-state index is 0.719. The lowest BCUT2D eigenvalue weighted by Gasteiger charge is -2.05. The number of thioether (sulfide) groups is 1. The van der Waals surface area contributed by atoms with E-state index in [1.165, 1.54) is 0 Å². The lowest BCUT2D eigenvalue weighted by Crippen LogP contribution is -1.89. The summed E-state index contributed by atoms with van der Waals surface area (Å²) in [4.78, 5) is 4.54. The standard InChI is InChI=1S/C16H14BrN3OS/c1-21-14-9-5-2-6-11(14)10-22-16-18-15(19-20-16)12-7-3-4-8-13(12)17/h2-9H,10H2,1H3,(H,18,19,20). The Labute approximate surface area is 141 Å². The molecular weight excluding hydrogens is 362 g/mol. The van der Waals surface area contributed by atoms with Gasteiger partial charge in [0, 0.05) is 21.4 Å². The summed E-state index contributed by atoms with van der Waals surface area (Å²) >= 11 is 5.10. The number of hydrogen-bond donors (Lipinski definition) is 1. The number of para-hydroxylation sites is 1. The first kappa shape index (κ1) is 15.1. The molecule has 0 aliphatic carbocycles. The van der Waals surface area contributed by atoms with E-state index in [-0.39, 0.29) is 0 Å². The van der Waals surface area contributed by atoms with Gasteiger partial charge in [-0.2, -0.15) is 0 Å². The number of rotatable bonds is 5. The maximum absolute atomic E-state index is 5.36. The van der Waals surface area contributed by atoms with Gasteiger partial charge in [0.1, 0.15) is 5.75 Å². The van der Waals surface area contributed by atoms with Gasteiger partial charge in [0.2, 0.25) is 5.16 Å². The molecule has 0 saturated heterocycles. The molecule has 0 aliphatic rings. The van der Waals surface area contributed by atoms with Gasteiger partial charge in [0.15, 0.2) is 5.82 Å². The fourth-order valence-electron chi connectivity index (χ4n) is 2.05. The molecule has 22 heavy (non-hydrogen) atoms. The average molecular weight is 376 g/mol. The summed E-state index contributed by atoms with van der Waals surface area (Å²) < 4.78 is 6.35. The van der Waals surface area contributed by atoms with Crippen LogP contribution in [0.4, 0.5) is 0 Å². The smallest absolute Gasteiger partial charge is 0.209 e. The number of methoxy groups -OCH3 is 1. The minimum Gasteiger partial charge on any atom is -0.496 e. The normalized spacial score (nSPS) is 10.6. The highest BCUT2D eigenvalue weighted by Gasteiger charge is 2.10. The third-order valence-electron chi connectivity index (χ3n) is 3.14. The Morgan fingerprint density at radius 1 is 1.14 bits per heavy atom. The molecular formula is C16H14BrN3OS. The second-order valence-corrected chi connectivity index (χ2v) is 6.34. The SMILES string of the molecule is COc1ccccc1CSc1n[nH]c(-c2ccccc2Br)n1. The Hall–Kier alpha value is -1.79. The zero-order valence-electron chi connectivity index (χ0n) is 11.9. The van der Waals surface area contributed by atoms with E-state index in [4.69, 9.17) is 4.74 Å². The fourth-order valence-corrected chi connectivity index (χ4v) is 3.31. The lowest BCUT2D eigenvalue weighted by atomic mass is 10.2. The molecule has 0 radical (unpaired) electrons. The molecule has 0 atom stereocenters. The molecule has 0 unspecified atom stereocenters. The van der Waals surface area contributed by atoms with Crippen molar-refractivity contribution in [3.8, 4) is 17.1 Å². The highest BCUT2D eigenvalue weighted by atomic mass is 79.9. The van der Waals surface area contributed by atoms with Crippen molar-refractivity contribution in [1.82, 2.24) is 15.2 Å². The second-order valence-electron chi connectivity index (χ2n) is 4.55. The number of halogens is 1. The number of H-pyrrole nitrogens is 1. The zero-order chi connectivity index (χ0) is 15.4. The Bertz CT molecular complexity index is 775. The predicted molar refractivity (Wildman–Crippen MR) is 92.1 cm³/mol. The Balaban J connectivity index is 1.74. The molecule has 0 spiro atoms. The number of ether oxygens (including phenoxy) is 1. The van der Waals surface area contributed by atoms with E-state index in [2.05, 4.69) is 31.1 Å². The van der Waals surface area contributed by atoms with Crippen LogP contribution >= 0.6 is 27.7 Å². The number of nitrogens with zero attached hydrogens (tertiary/aromatic N) is 2. The van der Waals surface area contributed by atoms with Crippen LogP contribution in [0.1, 0.15) is 5.56 Å². The summed E-state index contributed by atoms with van der Waals surface area (Å²) in [6, 6.07) is 15.9. The number of aromatic nitrogens is 3. The molecule has 1 N–H and O–H groups in total. The van der Waals surface area contributed by atoms with Crippen LogP contribution in [0.3, 0.4) is 0 Å². The zero-order valence-corrected chi connectivity index (χ0v) is 14.3. The van der Waals surface area contributed by atoms with Crippen LogP contribution in [0.5, 0.6) is 5.75 Å². The van der Waals surface area contributed by atoms with Gasteiger partial charge in [0.25, 0.3) is 0 Å². The van der Waals surface area contributed by atoms with Crippen LogP contribution in [0.15, 0.2) is 58.2 Å². The molecule has 6 heteroatoms. The van der Waals surface area contributed by atoms with Crippen LogP contribution < -0.4 is 4.74 Å². The van der Waals surface area contributed by atoms with E-state index in [1.807, 2.05) is 48.5 Å². The summed E-state index contributed by atoms with van der Waals surface area (Å²) in [5, 5.41) is 7.97. The Morgan fingerprint density at radius 2 is 1.91 bits per heavy atom. The average Bonchev–Trinajstić information content (AvgIpc) is 3.02. The summed E-state index contributed by atoms with van der Waals surface area (Å²) in [7, 11) is 1.68. The third-order valence-corrected chi connectivity index (χ3v) is 4.73. The third kappa shape index (κ3) is 3.34. The van der Waals surface area contributed by atoms with Gasteiger partial charge in [-0.3, -0.25) is 5.10 Å². The van der Waals surface area contributed by atoms with E-state index in [9.17, 15) is 0 Å². The second kappa shape index (κ2) is 6.98. The van der Waals surface area contributed by atoms with Gasteiger partial charge >= 0.3 is 0 Å². The molecule has 0 amide bonds. The van der Waals surface area contributed by atoms with E-state index in [1.54, 1.807) is 18.9 Å². The van der Waals surface area contributed by atoms with E-state index in [0.29, 0.717) is 0 Å². The number of hydrogen-bond acceptors (Lipinski definition) is 4. The molecule has 3 aromatic rings. The van der Waals surface area contributed by atoms with Gasteiger partial charge in [-0.25, -0.2) is 4.98 Å². The highest BCUT2D eigenvalue weighted by molar-refractivity contribution is 9.10. The van der Waals surface area contributed by atoms with Crippen molar-refractivity contribution in [2.75, 3.05) is 7.11 Å².